The highest BCUT2D eigenvalue weighted by Crippen LogP contribution is 2.23. The van der Waals surface area contributed by atoms with Crippen LogP contribution in [-0.4, -0.2) is 66.9 Å². The lowest BCUT2D eigenvalue weighted by Gasteiger charge is -2.45. The molecule has 0 aromatic carbocycles. The van der Waals surface area contributed by atoms with Crippen molar-refractivity contribution in [3.63, 3.8) is 0 Å². The van der Waals surface area contributed by atoms with Crippen molar-refractivity contribution < 1.29 is 14.3 Å². The second-order valence-electron chi connectivity index (χ2n) is 6.17. The summed E-state index contributed by atoms with van der Waals surface area (Å²) in [5, 5.41) is 0. The minimum atomic E-state index is -0.428. The van der Waals surface area contributed by atoms with Gasteiger partial charge in [0.25, 0.3) is 0 Å². The molecule has 0 bridgehead atoms. The smallest absolute Gasteiger partial charge is 0.410 e. The third-order valence-electron chi connectivity index (χ3n) is 3.51. The Balaban J connectivity index is 1.94. The Hall–Kier alpha value is -0.810. The normalized spacial score (nSPS) is 29.9. The summed E-state index contributed by atoms with van der Waals surface area (Å²) in [7, 11) is 2.10. The Labute approximate surface area is 109 Å². The Morgan fingerprint density at radius 2 is 2.06 bits per heavy atom. The van der Waals surface area contributed by atoms with E-state index in [-0.39, 0.29) is 12.2 Å². The van der Waals surface area contributed by atoms with Crippen molar-refractivity contribution in [3.8, 4) is 0 Å². The number of likely N-dealkylation sites (N-methyl/N-ethyl adjacent to an activating group) is 1. The number of rotatable bonds is 0. The molecule has 2 aliphatic heterocycles. The van der Waals surface area contributed by atoms with Crippen LogP contribution in [0.15, 0.2) is 0 Å². The molecule has 0 N–H and O–H groups in total. The van der Waals surface area contributed by atoms with Crippen LogP contribution < -0.4 is 0 Å². The van der Waals surface area contributed by atoms with Crippen molar-refractivity contribution in [1.29, 1.82) is 0 Å². The summed E-state index contributed by atoms with van der Waals surface area (Å²) >= 11 is 0. The van der Waals surface area contributed by atoms with E-state index in [0.29, 0.717) is 12.6 Å². The number of carbonyl (C=O) groups excluding carboxylic acids is 1. The van der Waals surface area contributed by atoms with E-state index in [9.17, 15) is 4.79 Å². The maximum Gasteiger partial charge on any atom is 0.410 e. The molecular weight excluding hydrogens is 232 g/mol. The van der Waals surface area contributed by atoms with E-state index in [1.165, 1.54) is 0 Å². The van der Waals surface area contributed by atoms with Gasteiger partial charge in [0.2, 0.25) is 0 Å². The zero-order valence-corrected chi connectivity index (χ0v) is 11.8. The highest BCUT2D eigenvalue weighted by molar-refractivity contribution is 5.68. The van der Waals surface area contributed by atoms with E-state index >= 15 is 0 Å². The van der Waals surface area contributed by atoms with Crippen LogP contribution in [0.1, 0.15) is 27.2 Å². The monoisotopic (exact) mass is 256 g/mol. The van der Waals surface area contributed by atoms with Crippen LogP contribution in [0.5, 0.6) is 0 Å². The molecule has 0 unspecified atom stereocenters. The predicted octanol–water partition coefficient (Wildman–Crippen LogP) is 1.33. The van der Waals surface area contributed by atoms with Crippen molar-refractivity contribution in [3.05, 3.63) is 0 Å². The molecule has 18 heavy (non-hydrogen) atoms. The van der Waals surface area contributed by atoms with Crippen molar-refractivity contribution in [2.24, 2.45) is 0 Å². The lowest BCUT2D eigenvalue weighted by atomic mass is 9.99. The molecule has 2 rings (SSSR count). The first-order valence-electron chi connectivity index (χ1n) is 6.66. The zero-order valence-electron chi connectivity index (χ0n) is 11.8. The van der Waals surface area contributed by atoms with Crippen LogP contribution in [0.25, 0.3) is 0 Å². The summed E-state index contributed by atoms with van der Waals surface area (Å²) in [6, 6.07) is 0.306. The van der Waals surface area contributed by atoms with E-state index in [1.54, 1.807) is 4.90 Å². The van der Waals surface area contributed by atoms with Gasteiger partial charge < -0.3 is 14.4 Å². The molecule has 5 heteroatoms. The molecule has 5 nitrogen and oxygen atoms in total. The van der Waals surface area contributed by atoms with Crippen LogP contribution >= 0.6 is 0 Å². The highest BCUT2D eigenvalue weighted by Gasteiger charge is 2.37. The predicted molar refractivity (Wildman–Crippen MR) is 68.6 cm³/mol. The average molecular weight is 256 g/mol. The fraction of sp³-hybridized carbons (Fsp3) is 0.923. The number of carbonyl (C=O) groups is 1. The maximum atomic E-state index is 12.0. The molecule has 0 radical (unpaired) electrons. The van der Waals surface area contributed by atoms with Gasteiger partial charge >= 0.3 is 6.09 Å². The summed E-state index contributed by atoms with van der Waals surface area (Å²) in [5.74, 6) is 0. The van der Waals surface area contributed by atoms with Gasteiger partial charge in [0.05, 0.1) is 18.8 Å². The second-order valence-corrected chi connectivity index (χ2v) is 6.17. The first-order valence-corrected chi connectivity index (χ1v) is 6.66. The summed E-state index contributed by atoms with van der Waals surface area (Å²) < 4.78 is 11.2. The standard InChI is InChI=1S/C13H24N2O3/c1-13(2,3)18-12(16)15-6-5-11-10(9-15)14(4)7-8-17-11/h10-11H,5-9H2,1-4H3/t10-,11+/m0/s1. The zero-order chi connectivity index (χ0) is 13.3. The number of ether oxygens (including phenoxy) is 2. The number of nitrogens with zero attached hydrogens (tertiary/aromatic N) is 2. The van der Waals surface area contributed by atoms with Gasteiger partial charge in [-0.1, -0.05) is 0 Å². The van der Waals surface area contributed by atoms with E-state index < -0.39 is 5.60 Å². The molecule has 0 aromatic heterocycles. The molecule has 0 spiro atoms. The van der Waals surface area contributed by atoms with E-state index in [0.717, 1.165) is 26.1 Å². The van der Waals surface area contributed by atoms with Gasteiger partial charge in [-0.3, -0.25) is 4.90 Å². The fourth-order valence-corrected chi connectivity index (χ4v) is 2.53. The molecule has 0 aromatic rings. The number of likely N-dealkylation sites (tertiary alicyclic amines) is 1. The topological polar surface area (TPSA) is 42.0 Å². The summed E-state index contributed by atoms with van der Waals surface area (Å²) in [4.78, 5) is 16.1. The summed E-state index contributed by atoms with van der Waals surface area (Å²) in [5.41, 5.74) is -0.428. The van der Waals surface area contributed by atoms with E-state index in [4.69, 9.17) is 9.47 Å². The second kappa shape index (κ2) is 5.05. The molecule has 0 saturated carbocycles. The van der Waals surface area contributed by atoms with Crippen LogP contribution in [-0.2, 0) is 9.47 Å². The lowest BCUT2D eigenvalue weighted by Crippen LogP contribution is -2.60. The molecule has 2 fully saturated rings. The van der Waals surface area contributed by atoms with Gasteiger partial charge in [-0.2, -0.15) is 0 Å². The third-order valence-corrected chi connectivity index (χ3v) is 3.51. The van der Waals surface area contributed by atoms with Crippen LogP contribution in [0.2, 0.25) is 0 Å². The number of morpholine rings is 1. The quantitative estimate of drug-likeness (QED) is 0.655. The Kier molecular flexibility index (Phi) is 3.82. The molecule has 0 aliphatic carbocycles. The maximum absolute atomic E-state index is 12.0. The van der Waals surface area contributed by atoms with Crippen molar-refractivity contribution in [1.82, 2.24) is 9.80 Å². The van der Waals surface area contributed by atoms with Gasteiger partial charge in [0, 0.05) is 19.6 Å². The van der Waals surface area contributed by atoms with Gasteiger partial charge in [-0.15, -0.1) is 0 Å². The number of piperidine rings is 1. The largest absolute Gasteiger partial charge is 0.444 e. The average Bonchev–Trinajstić information content (AvgIpc) is 2.27. The first-order chi connectivity index (χ1) is 8.37. The number of hydrogen-bond acceptors (Lipinski definition) is 4. The van der Waals surface area contributed by atoms with Gasteiger partial charge in [0.1, 0.15) is 5.60 Å². The Bertz CT molecular complexity index is 314. The first kappa shape index (κ1) is 13.6. The molecule has 2 aliphatic rings. The van der Waals surface area contributed by atoms with Crippen molar-refractivity contribution in [2.75, 3.05) is 33.3 Å². The minimum absolute atomic E-state index is 0.208. The molecule has 104 valence electrons. The van der Waals surface area contributed by atoms with Crippen LogP contribution in [0, 0.1) is 0 Å². The van der Waals surface area contributed by atoms with Gasteiger partial charge in [0.15, 0.2) is 0 Å². The van der Waals surface area contributed by atoms with Crippen molar-refractivity contribution >= 4 is 6.09 Å². The molecule has 2 heterocycles. The number of hydrogen-bond donors (Lipinski definition) is 0. The SMILES string of the molecule is CN1CCO[C@@H]2CCN(C(=O)OC(C)(C)C)C[C@@H]21. The molecule has 1 amide bonds. The molecular formula is C13H24N2O3. The number of fused-ring (bicyclic) bond motifs is 1. The third kappa shape index (κ3) is 3.14. The van der Waals surface area contributed by atoms with Gasteiger partial charge in [-0.25, -0.2) is 4.79 Å². The summed E-state index contributed by atoms with van der Waals surface area (Å²) in [6.07, 6.45) is 0.955. The lowest BCUT2D eigenvalue weighted by molar-refractivity contribution is -0.0945. The van der Waals surface area contributed by atoms with Gasteiger partial charge in [-0.05, 0) is 34.2 Å². The van der Waals surface area contributed by atoms with E-state index in [2.05, 4.69) is 11.9 Å². The van der Waals surface area contributed by atoms with Crippen LogP contribution in [0.3, 0.4) is 0 Å². The highest BCUT2D eigenvalue weighted by atomic mass is 16.6. The molecule has 2 saturated heterocycles. The number of amides is 1. The fourth-order valence-electron chi connectivity index (χ4n) is 2.53. The summed E-state index contributed by atoms with van der Waals surface area (Å²) in [6.45, 7) is 8.85. The van der Waals surface area contributed by atoms with Crippen LogP contribution in [0.4, 0.5) is 4.79 Å². The van der Waals surface area contributed by atoms with Crippen molar-refractivity contribution in [2.45, 2.75) is 44.9 Å². The molecule has 2 atom stereocenters. The van der Waals surface area contributed by atoms with E-state index in [1.807, 2.05) is 20.8 Å². The Morgan fingerprint density at radius 3 is 2.72 bits per heavy atom. The minimum Gasteiger partial charge on any atom is -0.444 e. The Morgan fingerprint density at radius 1 is 1.33 bits per heavy atom.